The van der Waals surface area contributed by atoms with E-state index >= 15 is 0 Å². The Kier molecular flexibility index (Phi) is 2.10. The molecule has 2 heteroatoms. The van der Waals surface area contributed by atoms with Gasteiger partial charge in [0.25, 0.3) is 0 Å². The molecular formula is C12H20O2. The van der Waals surface area contributed by atoms with Crippen LogP contribution in [0, 0.1) is 29.6 Å². The monoisotopic (exact) mass is 196 g/mol. The summed E-state index contributed by atoms with van der Waals surface area (Å²) in [6, 6.07) is 0. The molecule has 80 valence electrons. The Morgan fingerprint density at radius 1 is 1.21 bits per heavy atom. The van der Waals surface area contributed by atoms with Gasteiger partial charge in [-0.2, -0.15) is 0 Å². The molecule has 3 fully saturated rings. The van der Waals surface area contributed by atoms with Crippen LogP contribution in [0.5, 0.6) is 0 Å². The largest absolute Gasteiger partial charge is 0.352 e. The van der Waals surface area contributed by atoms with Gasteiger partial charge in [-0.1, -0.05) is 13.8 Å². The molecule has 2 saturated heterocycles. The van der Waals surface area contributed by atoms with E-state index in [1.165, 1.54) is 12.8 Å². The van der Waals surface area contributed by atoms with Crippen molar-refractivity contribution in [3.8, 4) is 0 Å². The minimum absolute atomic E-state index is 0.155. The topological polar surface area (TPSA) is 18.5 Å². The molecule has 14 heavy (non-hydrogen) atoms. The first-order valence-corrected chi connectivity index (χ1v) is 6.00. The summed E-state index contributed by atoms with van der Waals surface area (Å²) in [6.45, 7) is 6.62. The molecule has 0 bridgehead atoms. The van der Waals surface area contributed by atoms with Crippen LogP contribution in [0.3, 0.4) is 0 Å². The first-order chi connectivity index (χ1) is 6.77. The molecule has 5 atom stereocenters. The molecule has 2 nitrogen and oxygen atoms in total. The highest BCUT2D eigenvalue weighted by Crippen LogP contribution is 2.53. The maximum atomic E-state index is 5.70. The highest BCUT2D eigenvalue weighted by molar-refractivity contribution is 4.98. The summed E-state index contributed by atoms with van der Waals surface area (Å²) >= 11 is 0. The van der Waals surface area contributed by atoms with Gasteiger partial charge >= 0.3 is 0 Å². The molecule has 0 aromatic rings. The second-order valence-electron chi connectivity index (χ2n) is 5.51. The number of rotatable bonds is 1. The minimum atomic E-state index is 0.155. The Morgan fingerprint density at radius 3 is 2.86 bits per heavy atom. The van der Waals surface area contributed by atoms with E-state index in [0.29, 0.717) is 0 Å². The fourth-order valence-electron chi connectivity index (χ4n) is 3.90. The Balaban J connectivity index is 1.84. The number of hydrogen-bond donors (Lipinski definition) is 0. The van der Waals surface area contributed by atoms with Crippen molar-refractivity contribution in [1.82, 2.24) is 0 Å². The lowest BCUT2D eigenvalue weighted by atomic mass is 9.79. The molecule has 0 radical (unpaired) electrons. The van der Waals surface area contributed by atoms with E-state index in [1.54, 1.807) is 0 Å². The van der Waals surface area contributed by atoms with Gasteiger partial charge in [-0.15, -0.1) is 0 Å². The summed E-state index contributed by atoms with van der Waals surface area (Å²) in [4.78, 5) is 0. The molecule has 1 unspecified atom stereocenters. The molecule has 2 heterocycles. The summed E-state index contributed by atoms with van der Waals surface area (Å²) in [5, 5.41) is 0. The fourth-order valence-corrected chi connectivity index (χ4v) is 3.90. The molecule has 1 aliphatic carbocycles. The van der Waals surface area contributed by atoms with Gasteiger partial charge in [0.2, 0.25) is 0 Å². The molecule has 3 rings (SSSR count). The van der Waals surface area contributed by atoms with Crippen molar-refractivity contribution in [2.45, 2.75) is 33.0 Å². The van der Waals surface area contributed by atoms with Gasteiger partial charge in [0.15, 0.2) is 6.29 Å². The highest BCUT2D eigenvalue weighted by Gasteiger charge is 2.53. The Labute approximate surface area is 86.0 Å². The summed E-state index contributed by atoms with van der Waals surface area (Å²) in [7, 11) is 0. The second-order valence-corrected chi connectivity index (χ2v) is 5.51. The average Bonchev–Trinajstić information content (AvgIpc) is 2.72. The van der Waals surface area contributed by atoms with Gasteiger partial charge in [-0.3, -0.25) is 0 Å². The summed E-state index contributed by atoms with van der Waals surface area (Å²) in [5.41, 5.74) is 0. The minimum Gasteiger partial charge on any atom is -0.352 e. The lowest BCUT2D eigenvalue weighted by Gasteiger charge is -2.34. The zero-order valence-electron chi connectivity index (χ0n) is 9.11. The average molecular weight is 196 g/mol. The third-order valence-electron chi connectivity index (χ3n) is 4.54. The molecular weight excluding hydrogens is 176 g/mol. The van der Waals surface area contributed by atoms with E-state index < -0.39 is 0 Å². The Hall–Kier alpha value is -0.0800. The van der Waals surface area contributed by atoms with Crippen LogP contribution in [-0.4, -0.2) is 19.5 Å². The van der Waals surface area contributed by atoms with Crippen molar-refractivity contribution in [3.63, 3.8) is 0 Å². The lowest BCUT2D eigenvalue weighted by Crippen LogP contribution is -2.35. The van der Waals surface area contributed by atoms with Gasteiger partial charge in [0.1, 0.15) is 0 Å². The summed E-state index contributed by atoms with van der Waals surface area (Å²) in [6.07, 6.45) is 2.80. The first kappa shape index (κ1) is 9.17. The van der Waals surface area contributed by atoms with Crippen LogP contribution in [0.25, 0.3) is 0 Å². The third kappa shape index (κ3) is 1.17. The molecule has 0 aromatic carbocycles. The van der Waals surface area contributed by atoms with Gasteiger partial charge in [0.05, 0.1) is 13.2 Å². The van der Waals surface area contributed by atoms with Crippen LogP contribution in [0.4, 0.5) is 0 Å². The molecule has 0 N–H and O–H groups in total. The summed E-state index contributed by atoms with van der Waals surface area (Å²) in [5.74, 6) is 4.19. The number of ether oxygens (including phenoxy) is 2. The summed E-state index contributed by atoms with van der Waals surface area (Å²) < 4.78 is 11.4. The van der Waals surface area contributed by atoms with Crippen molar-refractivity contribution >= 4 is 0 Å². The van der Waals surface area contributed by atoms with E-state index in [1.807, 2.05) is 0 Å². The lowest BCUT2D eigenvalue weighted by molar-refractivity contribution is -0.170. The Morgan fingerprint density at radius 2 is 2.07 bits per heavy atom. The van der Waals surface area contributed by atoms with Crippen molar-refractivity contribution in [3.05, 3.63) is 0 Å². The molecule has 3 aliphatic rings. The van der Waals surface area contributed by atoms with Gasteiger partial charge in [-0.25, -0.2) is 0 Å². The SMILES string of the molecule is CC(C)[C@@H]1CC2CO[C@@H]3OCC[C@H]1[C@H]23. The maximum absolute atomic E-state index is 5.70. The zero-order chi connectivity index (χ0) is 9.71. The van der Waals surface area contributed by atoms with E-state index in [4.69, 9.17) is 9.47 Å². The van der Waals surface area contributed by atoms with Gasteiger partial charge in [0, 0.05) is 5.92 Å². The second kappa shape index (κ2) is 3.21. The zero-order valence-corrected chi connectivity index (χ0v) is 9.11. The maximum Gasteiger partial charge on any atom is 0.160 e. The smallest absolute Gasteiger partial charge is 0.160 e. The van der Waals surface area contributed by atoms with Crippen LogP contribution < -0.4 is 0 Å². The van der Waals surface area contributed by atoms with E-state index in [9.17, 15) is 0 Å². The van der Waals surface area contributed by atoms with Crippen molar-refractivity contribution < 1.29 is 9.47 Å². The van der Waals surface area contributed by atoms with Crippen LogP contribution in [0.2, 0.25) is 0 Å². The molecule has 1 saturated carbocycles. The quantitative estimate of drug-likeness (QED) is 0.640. The highest BCUT2D eigenvalue weighted by atomic mass is 16.7. The predicted octanol–water partition coefficient (Wildman–Crippen LogP) is 2.29. The predicted molar refractivity (Wildman–Crippen MR) is 53.7 cm³/mol. The van der Waals surface area contributed by atoms with Crippen molar-refractivity contribution in [2.24, 2.45) is 29.6 Å². The third-order valence-corrected chi connectivity index (χ3v) is 4.54. The molecule has 2 aliphatic heterocycles. The number of hydrogen-bond acceptors (Lipinski definition) is 2. The van der Waals surface area contributed by atoms with Crippen LogP contribution >= 0.6 is 0 Å². The van der Waals surface area contributed by atoms with Crippen molar-refractivity contribution in [2.75, 3.05) is 13.2 Å². The standard InChI is InChI=1S/C12H20O2/c1-7(2)10-5-8-6-14-12-11(8)9(10)3-4-13-12/h7-12H,3-6H2,1-2H3/t8?,9-,10+,11+,12+/m1/s1. The molecule has 0 amide bonds. The van der Waals surface area contributed by atoms with Crippen LogP contribution in [0.15, 0.2) is 0 Å². The van der Waals surface area contributed by atoms with E-state index in [0.717, 1.165) is 42.8 Å². The van der Waals surface area contributed by atoms with Gasteiger partial charge in [-0.05, 0) is 36.5 Å². The van der Waals surface area contributed by atoms with Gasteiger partial charge < -0.3 is 9.47 Å². The van der Waals surface area contributed by atoms with Crippen molar-refractivity contribution in [1.29, 1.82) is 0 Å². The first-order valence-electron chi connectivity index (χ1n) is 6.00. The Bertz CT molecular complexity index is 224. The van der Waals surface area contributed by atoms with E-state index in [2.05, 4.69) is 13.8 Å². The van der Waals surface area contributed by atoms with Crippen LogP contribution in [-0.2, 0) is 9.47 Å². The normalized spacial score (nSPS) is 51.2. The van der Waals surface area contributed by atoms with Crippen LogP contribution in [0.1, 0.15) is 26.7 Å². The van der Waals surface area contributed by atoms with E-state index in [-0.39, 0.29) is 6.29 Å². The molecule has 0 aromatic heterocycles. The molecule has 0 spiro atoms. The fraction of sp³-hybridized carbons (Fsp3) is 1.00.